The number of carbonyl (C=O) groups is 1. The monoisotopic (exact) mass is 400 g/mol. The van der Waals surface area contributed by atoms with Crippen LogP contribution < -0.4 is 10.9 Å². The molecule has 2 unspecified atom stereocenters. The minimum atomic E-state index is -0.132. The number of para-hydroxylation sites is 2. The quantitative estimate of drug-likeness (QED) is 0.548. The second kappa shape index (κ2) is 7.78. The molecule has 1 saturated carbocycles. The van der Waals surface area contributed by atoms with Gasteiger partial charge in [0.1, 0.15) is 12.4 Å². The molecule has 2 heterocycles. The summed E-state index contributed by atoms with van der Waals surface area (Å²) < 4.78 is 1.48. The summed E-state index contributed by atoms with van der Waals surface area (Å²) in [5, 5.41) is 4.66. The van der Waals surface area contributed by atoms with Crippen molar-refractivity contribution >= 4 is 27.7 Å². The van der Waals surface area contributed by atoms with Crippen LogP contribution in [-0.2, 0) is 11.3 Å². The molecule has 1 fully saturated rings. The molecule has 0 spiro atoms. The van der Waals surface area contributed by atoms with Gasteiger partial charge in [-0.25, -0.2) is 4.98 Å². The summed E-state index contributed by atoms with van der Waals surface area (Å²) in [6.07, 6.45) is 5.62. The van der Waals surface area contributed by atoms with Gasteiger partial charge in [0.2, 0.25) is 5.91 Å². The number of amides is 1. The predicted molar refractivity (Wildman–Crippen MR) is 117 cm³/mol. The number of hydrogen-bond donors (Lipinski definition) is 2. The van der Waals surface area contributed by atoms with Crippen molar-refractivity contribution in [2.45, 2.75) is 44.2 Å². The van der Waals surface area contributed by atoms with Crippen LogP contribution in [0.3, 0.4) is 0 Å². The summed E-state index contributed by atoms with van der Waals surface area (Å²) in [5.74, 6) is 1.18. The van der Waals surface area contributed by atoms with E-state index < -0.39 is 0 Å². The average molecular weight is 400 g/mol. The third-order valence-electron chi connectivity index (χ3n) is 6.03. The molecule has 0 aliphatic heterocycles. The standard InChI is InChI=1S/C24H24N4O2/c29-22(15-28-13-12-16-6-1-2-9-19(16)24(28)30)25-18-8-5-7-17(14-18)23-26-20-10-3-4-11-21(20)27-23/h1-4,6,9-13,17-18H,5,7-8,14-15H2,(H,25,29)(H,26,27). The van der Waals surface area contributed by atoms with Gasteiger partial charge in [-0.05, 0) is 48.9 Å². The number of aromatic nitrogens is 3. The Kier molecular flexibility index (Phi) is 4.83. The highest BCUT2D eigenvalue weighted by Gasteiger charge is 2.26. The molecule has 0 bridgehead atoms. The van der Waals surface area contributed by atoms with Crippen molar-refractivity contribution in [2.24, 2.45) is 0 Å². The molecule has 2 aromatic carbocycles. The van der Waals surface area contributed by atoms with Gasteiger partial charge < -0.3 is 14.9 Å². The first kappa shape index (κ1) is 18.6. The van der Waals surface area contributed by atoms with E-state index in [1.54, 1.807) is 12.3 Å². The van der Waals surface area contributed by atoms with E-state index in [1.165, 1.54) is 4.57 Å². The number of H-pyrrole nitrogens is 1. The van der Waals surface area contributed by atoms with E-state index in [-0.39, 0.29) is 24.1 Å². The maximum absolute atomic E-state index is 12.7. The Balaban J connectivity index is 1.27. The second-order valence-electron chi connectivity index (χ2n) is 8.10. The highest BCUT2D eigenvalue weighted by molar-refractivity contribution is 5.82. The molecule has 0 saturated heterocycles. The van der Waals surface area contributed by atoms with Crippen molar-refractivity contribution in [1.82, 2.24) is 19.9 Å². The Morgan fingerprint density at radius 3 is 2.83 bits per heavy atom. The average Bonchev–Trinajstić information content (AvgIpc) is 3.20. The maximum atomic E-state index is 12.7. The van der Waals surface area contributed by atoms with E-state index in [0.29, 0.717) is 11.3 Å². The van der Waals surface area contributed by atoms with Crippen molar-refractivity contribution in [3.05, 3.63) is 77.0 Å². The van der Waals surface area contributed by atoms with Crippen LogP contribution >= 0.6 is 0 Å². The molecule has 6 nitrogen and oxygen atoms in total. The van der Waals surface area contributed by atoms with Gasteiger partial charge in [0.15, 0.2) is 0 Å². The van der Waals surface area contributed by atoms with Crippen LogP contribution in [-0.4, -0.2) is 26.5 Å². The van der Waals surface area contributed by atoms with Crippen molar-refractivity contribution in [1.29, 1.82) is 0 Å². The number of imidazole rings is 1. The zero-order chi connectivity index (χ0) is 20.5. The molecule has 6 heteroatoms. The van der Waals surface area contributed by atoms with Crippen LogP contribution in [0.2, 0.25) is 0 Å². The maximum Gasteiger partial charge on any atom is 0.258 e. The van der Waals surface area contributed by atoms with Crippen molar-refractivity contribution in [2.75, 3.05) is 0 Å². The number of rotatable bonds is 4. The largest absolute Gasteiger partial charge is 0.352 e. The molecular weight excluding hydrogens is 376 g/mol. The van der Waals surface area contributed by atoms with Crippen LogP contribution in [0, 0.1) is 0 Å². The van der Waals surface area contributed by atoms with E-state index in [0.717, 1.165) is 47.9 Å². The van der Waals surface area contributed by atoms with Gasteiger partial charge in [-0.15, -0.1) is 0 Å². The minimum Gasteiger partial charge on any atom is -0.352 e. The Bertz CT molecular complexity index is 1240. The van der Waals surface area contributed by atoms with Crippen molar-refractivity contribution < 1.29 is 4.79 Å². The molecule has 30 heavy (non-hydrogen) atoms. The van der Waals surface area contributed by atoms with E-state index in [2.05, 4.69) is 10.3 Å². The molecule has 5 rings (SSSR count). The van der Waals surface area contributed by atoms with Crippen LogP contribution in [0.15, 0.2) is 65.6 Å². The summed E-state index contributed by atoms with van der Waals surface area (Å²) in [5.41, 5.74) is 1.90. The minimum absolute atomic E-state index is 0.0372. The fraction of sp³-hybridized carbons (Fsp3) is 0.292. The SMILES string of the molecule is O=C(Cn1ccc2ccccc2c1=O)NC1CCCC(c2nc3ccccc3[nH]2)C1. The van der Waals surface area contributed by atoms with E-state index in [1.807, 2.05) is 48.5 Å². The van der Waals surface area contributed by atoms with Gasteiger partial charge in [-0.2, -0.15) is 0 Å². The highest BCUT2D eigenvalue weighted by atomic mass is 16.2. The third-order valence-corrected chi connectivity index (χ3v) is 6.03. The number of carbonyl (C=O) groups excluding carboxylic acids is 1. The van der Waals surface area contributed by atoms with Crippen LogP contribution in [0.4, 0.5) is 0 Å². The first-order chi connectivity index (χ1) is 14.7. The number of benzene rings is 2. The fourth-order valence-corrected chi connectivity index (χ4v) is 4.52. The van der Waals surface area contributed by atoms with E-state index >= 15 is 0 Å². The predicted octanol–water partition coefficient (Wildman–Crippen LogP) is 3.72. The summed E-state index contributed by atoms with van der Waals surface area (Å²) in [7, 11) is 0. The van der Waals surface area contributed by atoms with Gasteiger partial charge in [0.05, 0.1) is 11.0 Å². The topological polar surface area (TPSA) is 79.8 Å². The fourth-order valence-electron chi connectivity index (χ4n) is 4.52. The Morgan fingerprint density at radius 1 is 1.10 bits per heavy atom. The number of hydrogen-bond acceptors (Lipinski definition) is 3. The van der Waals surface area contributed by atoms with Crippen molar-refractivity contribution in [3.8, 4) is 0 Å². The van der Waals surface area contributed by atoms with Gasteiger partial charge in [0.25, 0.3) is 5.56 Å². The summed E-state index contributed by atoms with van der Waals surface area (Å²) in [6.45, 7) is 0.0372. The van der Waals surface area contributed by atoms with Gasteiger partial charge in [-0.1, -0.05) is 36.8 Å². The summed E-state index contributed by atoms with van der Waals surface area (Å²) in [4.78, 5) is 33.5. The van der Waals surface area contributed by atoms with Gasteiger partial charge in [0, 0.05) is 23.5 Å². The Labute approximate surface area is 173 Å². The van der Waals surface area contributed by atoms with Gasteiger partial charge in [-0.3, -0.25) is 9.59 Å². The molecule has 152 valence electrons. The zero-order valence-electron chi connectivity index (χ0n) is 16.7. The molecule has 1 aliphatic rings. The summed E-state index contributed by atoms with van der Waals surface area (Å²) in [6, 6.07) is 17.5. The smallest absolute Gasteiger partial charge is 0.258 e. The zero-order valence-corrected chi connectivity index (χ0v) is 16.7. The van der Waals surface area contributed by atoms with E-state index in [9.17, 15) is 9.59 Å². The number of aromatic amines is 1. The number of pyridine rings is 1. The van der Waals surface area contributed by atoms with Crippen LogP contribution in [0.1, 0.15) is 37.4 Å². The number of nitrogens with one attached hydrogen (secondary N) is 2. The molecule has 4 aromatic rings. The first-order valence-corrected chi connectivity index (χ1v) is 10.5. The number of nitrogens with zero attached hydrogens (tertiary/aromatic N) is 2. The molecule has 2 N–H and O–H groups in total. The Morgan fingerprint density at radius 2 is 1.93 bits per heavy atom. The lowest BCUT2D eigenvalue weighted by molar-refractivity contribution is -0.122. The molecule has 1 amide bonds. The Hall–Kier alpha value is -3.41. The van der Waals surface area contributed by atoms with Crippen LogP contribution in [0.25, 0.3) is 21.8 Å². The molecular formula is C24H24N4O2. The van der Waals surface area contributed by atoms with E-state index in [4.69, 9.17) is 4.98 Å². The lowest BCUT2D eigenvalue weighted by Gasteiger charge is -2.28. The molecule has 0 radical (unpaired) electrons. The highest BCUT2D eigenvalue weighted by Crippen LogP contribution is 2.32. The lowest BCUT2D eigenvalue weighted by Crippen LogP contribution is -2.41. The normalized spacial score (nSPS) is 19.2. The third kappa shape index (κ3) is 3.61. The second-order valence-corrected chi connectivity index (χ2v) is 8.10. The lowest BCUT2D eigenvalue weighted by atomic mass is 9.85. The van der Waals surface area contributed by atoms with Gasteiger partial charge >= 0.3 is 0 Å². The molecule has 2 aromatic heterocycles. The molecule has 2 atom stereocenters. The van der Waals surface area contributed by atoms with Crippen LogP contribution in [0.5, 0.6) is 0 Å². The summed E-state index contributed by atoms with van der Waals surface area (Å²) >= 11 is 0. The molecule has 1 aliphatic carbocycles. The number of fused-ring (bicyclic) bond motifs is 2. The first-order valence-electron chi connectivity index (χ1n) is 10.5. The van der Waals surface area contributed by atoms with Crippen molar-refractivity contribution in [3.63, 3.8) is 0 Å².